The molecule has 0 unspecified atom stereocenters. The third kappa shape index (κ3) is 2.78. The van der Waals surface area contributed by atoms with Gasteiger partial charge in [-0.3, -0.25) is 5.10 Å². The first-order valence-electron chi connectivity index (χ1n) is 8.54. The molecule has 25 heavy (non-hydrogen) atoms. The van der Waals surface area contributed by atoms with Crippen molar-refractivity contribution >= 4 is 16.6 Å². The van der Waals surface area contributed by atoms with E-state index in [1.807, 2.05) is 12.3 Å². The van der Waals surface area contributed by atoms with Crippen molar-refractivity contribution in [2.75, 3.05) is 4.90 Å². The van der Waals surface area contributed by atoms with Gasteiger partial charge in [-0.05, 0) is 53.0 Å². The van der Waals surface area contributed by atoms with Crippen LogP contribution in [0.5, 0.6) is 0 Å². The van der Waals surface area contributed by atoms with Gasteiger partial charge in [0.25, 0.3) is 0 Å². The molecular formula is C22H21N3. The molecule has 3 nitrogen and oxygen atoms in total. The summed E-state index contributed by atoms with van der Waals surface area (Å²) in [6, 6.07) is 14.9. The van der Waals surface area contributed by atoms with Crippen LogP contribution in [-0.2, 0) is 0 Å². The Balaban J connectivity index is 1.80. The van der Waals surface area contributed by atoms with Gasteiger partial charge in [0.05, 0.1) is 11.7 Å². The van der Waals surface area contributed by atoms with Crippen LogP contribution in [0.2, 0.25) is 0 Å². The minimum absolute atomic E-state index is 0.419. The van der Waals surface area contributed by atoms with Gasteiger partial charge in [-0.1, -0.05) is 44.7 Å². The van der Waals surface area contributed by atoms with E-state index in [2.05, 4.69) is 90.3 Å². The summed E-state index contributed by atoms with van der Waals surface area (Å²) in [4.78, 5) is 2.25. The molecule has 3 aromatic rings. The van der Waals surface area contributed by atoms with Gasteiger partial charge < -0.3 is 4.90 Å². The standard InChI is InChI=1S/C22H21N3/c1-15(2)22-12-16(3)10-11-25(22)18-7-4-6-17(13-18)19-8-5-9-21-20(19)14-23-24-21/h4-15H,3H2,1-2H3,(H,23,24). The van der Waals surface area contributed by atoms with Crippen molar-refractivity contribution in [3.8, 4) is 11.1 Å². The number of H-pyrrole nitrogens is 1. The summed E-state index contributed by atoms with van der Waals surface area (Å²) in [5, 5.41) is 8.36. The van der Waals surface area contributed by atoms with Crippen LogP contribution < -0.4 is 4.90 Å². The molecule has 4 rings (SSSR count). The number of hydrogen-bond donors (Lipinski definition) is 1. The Hall–Kier alpha value is -3.07. The maximum Gasteiger partial charge on any atom is 0.0656 e. The van der Waals surface area contributed by atoms with E-state index in [9.17, 15) is 0 Å². The number of fused-ring (bicyclic) bond motifs is 1. The van der Waals surface area contributed by atoms with Gasteiger partial charge >= 0.3 is 0 Å². The van der Waals surface area contributed by atoms with E-state index in [0.29, 0.717) is 5.92 Å². The van der Waals surface area contributed by atoms with Crippen LogP contribution in [0.1, 0.15) is 13.8 Å². The number of benzene rings is 2. The van der Waals surface area contributed by atoms with E-state index in [0.717, 1.165) is 22.2 Å². The summed E-state index contributed by atoms with van der Waals surface area (Å²) in [5.74, 6) is 0.419. The molecule has 124 valence electrons. The van der Waals surface area contributed by atoms with Crippen molar-refractivity contribution in [3.63, 3.8) is 0 Å². The SMILES string of the molecule is C=C1C=CN(c2cccc(-c3cccc4[nH]ncc34)c2)C(C(C)C)=C1. The Morgan fingerprint density at radius 3 is 2.80 bits per heavy atom. The molecule has 0 atom stereocenters. The number of nitrogens with one attached hydrogen (secondary N) is 1. The van der Waals surface area contributed by atoms with Crippen LogP contribution in [0.25, 0.3) is 22.0 Å². The molecule has 2 aromatic carbocycles. The second-order valence-corrected chi connectivity index (χ2v) is 6.67. The molecule has 1 N–H and O–H groups in total. The number of hydrogen-bond acceptors (Lipinski definition) is 2. The van der Waals surface area contributed by atoms with Gasteiger partial charge in [-0.15, -0.1) is 0 Å². The zero-order chi connectivity index (χ0) is 17.4. The Morgan fingerprint density at radius 1 is 1.12 bits per heavy atom. The zero-order valence-electron chi connectivity index (χ0n) is 14.5. The largest absolute Gasteiger partial charge is 0.321 e. The third-order valence-electron chi connectivity index (χ3n) is 4.56. The summed E-state index contributed by atoms with van der Waals surface area (Å²) in [7, 11) is 0. The highest BCUT2D eigenvalue weighted by atomic mass is 15.1. The summed E-state index contributed by atoms with van der Waals surface area (Å²) in [5.41, 5.74) is 6.88. The Bertz CT molecular complexity index is 1000. The molecule has 0 radical (unpaired) electrons. The van der Waals surface area contributed by atoms with Crippen LogP contribution in [0.3, 0.4) is 0 Å². The van der Waals surface area contributed by atoms with Crippen LogP contribution in [0.15, 0.2) is 84.9 Å². The molecule has 1 aromatic heterocycles. The molecule has 0 saturated carbocycles. The van der Waals surface area contributed by atoms with Crippen LogP contribution in [0.4, 0.5) is 5.69 Å². The number of allylic oxidation sites excluding steroid dienone is 4. The van der Waals surface area contributed by atoms with Gasteiger partial charge in [0, 0.05) is 23.0 Å². The molecule has 0 spiro atoms. The molecule has 3 heteroatoms. The van der Waals surface area contributed by atoms with Crippen molar-refractivity contribution in [2.45, 2.75) is 13.8 Å². The number of rotatable bonds is 3. The van der Waals surface area contributed by atoms with Crippen molar-refractivity contribution in [3.05, 3.63) is 84.9 Å². The molecule has 1 aliphatic heterocycles. The summed E-state index contributed by atoms with van der Waals surface area (Å²) in [6.45, 7) is 8.49. The smallest absolute Gasteiger partial charge is 0.0656 e. The highest BCUT2D eigenvalue weighted by molar-refractivity contribution is 5.94. The summed E-state index contributed by atoms with van der Waals surface area (Å²) >= 11 is 0. The zero-order valence-corrected chi connectivity index (χ0v) is 14.5. The average Bonchev–Trinajstić information content (AvgIpc) is 3.10. The molecule has 0 aliphatic carbocycles. The van der Waals surface area contributed by atoms with Gasteiger partial charge in [-0.2, -0.15) is 5.10 Å². The monoisotopic (exact) mass is 327 g/mol. The van der Waals surface area contributed by atoms with Gasteiger partial charge in [0.15, 0.2) is 0 Å². The fraction of sp³-hybridized carbons (Fsp3) is 0.136. The van der Waals surface area contributed by atoms with Crippen molar-refractivity contribution in [1.82, 2.24) is 10.2 Å². The van der Waals surface area contributed by atoms with Gasteiger partial charge in [0.2, 0.25) is 0 Å². The van der Waals surface area contributed by atoms with Crippen LogP contribution >= 0.6 is 0 Å². The quantitative estimate of drug-likeness (QED) is 0.673. The highest BCUT2D eigenvalue weighted by Crippen LogP contribution is 2.33. The van der Waals surface area contributed by atoms with E-state index in [1.54, 1.807) is 0 Å². The fourth-order valence-electron chi connectivity index (χ4n) is 3.29. The second kappa shape index (κ2) is 6.10. The van der Waals surface area contributed by atoms with E-state index in [1.165, 1.54) is 16.8 Å². The Morgan fingerprint density at radius 2 is 1.96 bits per heavy atom. The van der Waals surface area contributed by atoms with Crippen molar-refractivity contribution in [2.24, 2.45) is 5.92 Å². The topological polar surface area (TPSA) is 31.9 Å². The molecule has 0 amide bonds. The first kappa shape index (κ1) is 15.5. The Labute approximate surface area is 148 Å². The number of anilines is 1. The maximum atomic E-state index is 4.18. The number of aromatic nitrogens is 2. The molecule has 0 fully saturated rings. The van der Waals surface area contributed by atoms with Crippen molar-refractivity contribution < 1.29 is 0 Å². The molecule has 2 heterocycles. The lowest BCUT2D eigenvalue weighted by Crippen LogP contribution is -2.21. The number of nitrogens with zero attached hydrogens (tertiary/aromatic N) is 2. The van der Waals surface area contributed by atoms with E-state index in [-0.39, 0.29) is 0 Å². The van der Waals surface area contributed by atoms with Crippen LogP contribution in [-0.4, -0.2) is 10.2 Å². The molecular weight excluding hydrogens is 306 g/mol. The predicted molar refractivity (Wildman–Crippen MR) is 105 cm³/mol. The normalized spacial score (nSPS) is 14.4. The van der Waals surface area contributed by atoms with Gasteiger partial charge in [0.1, 0.15) is 0 Å². The van der Waals surface area contributed by atoms with Crippen molar-refractivity contribution in [1.29, 1.82) is 0 Å². The molecule has 0 saturated heterocycles. The molecule has 1 aliphatic rings. The first-order valence-corrected chi connectivity index (χ1v) is 8.54. The lowest BCUT2D eigenvalue weighted by atomic mass is 9.99. The minimum atomic E-state index is 0.419. The van der Waals surface area contributed by atoms with E-state index < -0.39 is 0 Å². The average molecular weight is 327 g/mol. The van der Waals surface area contributed by atoms with Crippen LogP contribution in [0, 0.1) is 5.92 Å². The van der Waals surface area contributed by atoms with E-state index >= 15 is 0 Å². The lowest BCUT2D eigenvalue weighted by molar-refractivity contribution is 0.740. The minimum Gasteiger partial charge on any atom is -0.321 e. The van der Waals surface area contributed by atoms with Gasteiger partial charge in [-0.25, -0.2) is 0 Å². The van der Waals surface area contributed by atoms with E-state index in [4.69, 9.17) is 0 Å². The maximum absolute atomic E-state index is 4.18. The third-order valence-corrected chi connectivity index (χ3v) is 4.56. The lowest BCUT2D eigenvalue weighted by Gasteiger charge is -2.29. The Kier molecular flexibility index (Phi) is 3.77. The molecule has 0 bridgehead atoms. The fourth-order valence-corrected chi connectivity index (χ4v) is 3.29. The second-order valence-electron chi connectivity index (χ2n) is 6.67. The summed E-state index contributed by atoms with van der Waals surface area (Å²) in [6.07, 6.45) is 8.21. The first-order chi connectivity index (χ1) is 12.1. The highest BCUT2D eigenvalue weighted by Gasteiger charge is 2.17. The number of aromatic amines is 1. The summed E-state index contributed by atoms with van der Waals surface area (Å²) < 4.78 is 0. The predicted octanol–water partition coefficient (Wildman–Crippen LogP) is 5.66.